The Morgan fingerprint density at radius 2 is 1.90 bits per heavy atom. The van der Waals surface area contributed by atoms with Crippen LogP contribution in [0.15, 0.2) is 24.3 Å². The van der Waals surface area contributed by atoms with Crippen molar-refractivity contribution in [2.75, 3.05) is 6.54 Å². The predicted molar refractivity (Wildman–Crippen MR) is 67.2 cm³/mol. The number of rotatable bonds is 3. The number of amides is 1. The second-order valence-corrected chi connectivity index (χ2v) is 4.88. The standard InChI is InChI=1S/C14H16F3NO2/c15-14(16,17)20-12-6-4-10(5-7-12)9-11-3-1-2-8-18-13(11)19/h4-7,11H,1-3,8-9H2,(H,18,19). The third kappa shape index (κ3) is 4.43. The topological polar surface area (TPSA) is 38.3 Å². The van der Waals surface area contributed by atoms with Crippen molar-refractivity contribution in [2.24, 2.45) is 5.92 Å². The molecule has 3 nitrogen and oxygen atoms in total. The van der Waals surface area contributed by atoms with Crippen LogP contribution in [0, 0.1) is 5.92 Å². The van der Waals surface area contributed by atoms with Gasteiger partial charge in [0.1, 0.15) is 5.75 Å². The molecule has 1 saturated heterocycles. The van der Waals surface area contributed by atoms with E-state index in [4.69, 9.17) is 0 Å². The molecule has 20 heavy (non-hydrogen) atoms. The van der Waals surface area contributed by atoms with Crippen LogP contribution in [0.2, 0.25) is 0 Å². The minimum atomic E-state index is -4.68. The minimum Gasteiger partial charge on any atom is -0.406 e. The van der Waals surface area contributed by atoms with E-state index < -0.39 is 6.36 Å². The number of benzene rings is 1. The van der Waals surface area contributed by atoms with Gasteiger partial charge >= 0.3 is 6.36 Å². The molecule has 1 atom stereocenters. The first kappa shape index (κ1) is 14.7. The van der Waals surface area contributed by atoms with E-state index >= 15 is 0 Å². The van der Waals surface area contributed by atoms with E-state index in [2.05, 4.69) is 10.1 Å². The molecule has 1 aromatic carbocycles. The molecule has 0 radical (unpaired) electrons. The second kappa shape index (κ2) is 6.15. The maximum absolute atomic E-state index is 12.0. The Morgan fingerprint density at radius 3 is 2.55 bits per heavy atom. The Bertz CT molecular complexity index is 456. The van der Waals surface area contributed by atoms with Gasteiger partial charge < -0.3 is 10.1 Å². The van der Waals surface area contributed by atoms with Gasteiger partial charge in [0.2, 0.25) is 5.91 Å². The third-order valence-corrected chi connectivity index (χ3v) is 3.29. The van der Waals surface area contributed by atoms with Gasteiger partial charge in [0.05, 0.1) is 0 Å². The third-order valence-electron chi connectivity index (χ3n) is 3.29. The van der Waals surface area contributed by atoms with E-state index in [1.54, 1.807) is 12.1 Å². The van der Waals surface area contributed by atoms with E-state index in [0.29, 0.717) is 13.0 Å². The summed E-state index contributed by atoms with van der Waals surface area (Å²) in [6.45, 7) is 0.702. The summed E-state index contributed by atoms with van der Waals surface area (Å²) in [7, 11) is 0. The molecule has 110 valence electrons. The molecule has 0 aromatic heterocycles. The highest BCUT2D eigenvalue weighted by Gasteiger charge is 2.31. The molecule has 1 heterocycles. The average Bonchev–Trinajstić information content (AvgIpc) is 2.56. The molecular weight excluding hydrogens is 271 g/mol. The molecule has 0 spiro atoms. The summed E-state index contributed by atoms with van der Waals surface area (Å²) in [5.74, 6) is -0.323. The number of nitrogens with one attached hydrogen (secondary N) is 1. The lowest BCUT2D eigenvalue weighted by atomic mass is 9.94. The lowest BCUT2D eigenvalue weighted by molar-refractivity contribution is -0.274. The normalized spacial score (nSPS) is 20.1. The van der Waals surface area contributed by atoms with Crippen molar-refractivity contribution < 1.29 is 22.7 Å². The first-order valence-electron chi connectivity index (χ1n) is 6.56. The fourth-order valence-electron chi connectivity index (χ4n) is 2.31. The van der Waals surface area contributed by atoms with Gasteiger partial charge in [-0.25, -0.2) is 0 Å². The molecule has 6 heteroatoms. The van der Waals surface area contributed by atoms with E-state index in [9.17, 15) is 18.0 Å². The van der Waals surface area contributed by atoms with Crippen LogP contribution in [0.3, 0.4) is 0 Å². The summed E-state index contributed by atoms with van der Waals surface area (Å²) < 4.78 is 39.9. The molecule has 1 fully saturated rings. The number of ether oxygens (including phenoxy) is 1. The predicted octanol–water partition coefficient (Wildman–Crippen LogP) is 3.04. The van der Waals surface area contributed by atoms with Crippen LogP contribution in [-0.2, 0) is 11.2 Å². The number of hydrogen-bond donors (Lipinski definition) is 1. The number of hydrogen-bond acceptors (Lipinski definition) is 2. The largest absolute Gasteiger partial charge is 0.573 e. The SMILES string of the molecule is O=C1NCCCCC1Cc1ccc(OC(F)(F)F)cc1. The molecule has 1 amide bonds. The van der Waals surface area contributed by atoms with Gasteiger partial charge in [-0.05, 0) is 37.0 Å². The Hall–Kier alpha value is -1.72. The highest BCUT2D eigenvalue weighted by molar-refractivity contribution is 5.79. The summed E-state index contributed by atoms with van der Waals surface area (Å²) in [6.07, 6.45) is -1.37. The van der Waals surface area contributed by atoms with Gasteiger partial charge in [-0.2, -0.15) is 0 Å². The summed E-state index contributed by atoms with van der Waals surface area (Å²) in [5.41, 5.74) is 0.835. The molecule has 0 saturated carbocycles. The van der Waals surface area contributed by atoms with Crippen LogP contribution < -0.4 is 10.1 Å². The Labute approximate surface area is 115 Å². The van der Waals surface area contributed by atoms with Crippen molar-refractivity contribution in [3.05, 3.63) is 29.8 Å². The van der Waals surface area contributed by atoms with Crippen molar-refractivity contribution in [1.29, 1.82) is 0 Å². The first-order chi connectivity index (χ1) is 9.44. The fourth-order valence-corrected chi connectivity index (χ4v) is 2.31. The highest BCUT2D eigenvalue weighted by atomic mass is 19.4. The first-order valence-corrected chi connectivity index (χ1v) is 6.56. The van der Waals surface area contributed by atoms with Crippen molar-refractivity contribution in [1.82, 2.24) is 5.32 Å². The Kier molecular flexibility index (Phi) is 4.52. The van der Waals surface area contributed by atoms with E-state index in [1.165, 1.54) is 12.1 Å². The van der Waals surface area contributed by atoms with Gasteiger partial charge in [-0.15, -0.1) is 13.2 Å². The molecule has 1 aliphatic rings. The van der Waals surface area contributed by atoms with E-state index in [-0.39, 0.29) is 17.6 Å². The Morgan fingerprint density at radius 1 is 1.20 bits per heavy atom. The van der Waals surface area contributed by atoms with Crippen LogP contribution in [0.1, 0.15) is 24.8 Å². The van der Waals surface area contributed by atoms with Gasteiger partial charge in [-0.1, -0.05) is 18.6 Å². The number of carbonyl (C=O) groups excluding carboxylic acids is 1. The van der Waals surface area contributed by atoms with Crippen LogP contribution in [0.5, 0.6) is 5.75 Å². The zero-order chi connectivity index (χ0) is 14.6. The molecule has 1 aromatic rings. The summed E-state index contributed by atoms with van der Waals surface area (Å²) in [6, 6.07) is 5.69. The second-order valence-electron chi connectivity index (χ2n) is 4.88. The van der Waals surface area contributed by atoms with Gasteiger partial charge in [0, 0.05) is 12.5 Å². The van der Waals surface area contributed by atoms with Crippen LogP contribution >= 0.6 is 0 Å². The molecule has 2 rings (SSSR count). The van der Waals surface area contributed by atoms with Crippen molar-refractivity contribution in [2.45, 2.75) is 32.0 Å². The minimum absolute atomic E-state index is 0.0260. The summed E-state index contributed by atoms with van der Waals surface area (Å²) in [5, 5.41) is 2.84. The summed E-state index contributed by atoms with van der Waals surface area (Å²) in [4.78, 5) is 11.8. The highest BCUT2D eigenvalue weighted by Crippen LogP contribution is 2.24. The molecular formula is C14H16F3NO2. The zero-order valence-corrected chi connectivity index (χ0v) is 10.9. The van der Waals surface area contributed by atoms with Crippen molar-refractivity contribution in [3.63, 3.8) is 0 Å². The number of halogens is 3. The number of carbonyl (C=O) groups is 1. The lowest BCUT2D eigenvalue weighted by Gasteiger charge is -2.14. The fraction of sp³-hybridized carbons (Fsp3) is 0.500. The van der Waals surface area contributed by atoms with Crippen LogP contribution in [0.4, 0.5) is 13.2 Å². The van der Waals surface area contributed by atoms with Gasteiger partial charge in [0.15, 0.2) is 0 Å². The molecule has 0 bridgehead atoms. The smallest absolute Gasteiger partial charge is 0.406 e. The van der Waals surface area contributed by atoms with Crippen LogP contribution in [0.25, 0.3) is 0 Å². The van der Waals surface area contributed by atoms with E-state index in [0.717, 1.165) is 24.8 Å². The zero-order valence-electron chi connectivity index (χ0n) is 10.9. The molecule has 1 unspecified atom stereocenters. The van der Waals surface area contributed by atoms with Gasteiger partial charge in [0.25, 0.3) is 0 Å². The summed E-state index contributed by atoms with van der Waals surface area (Å²) >= 11 is 0. The van der Waals surface area contributed by atoms with Gasteiger partial charge in [-0.3, -0.25) is 4.79 Å². The quantitative estimate of drug-likeness (QED) is 0.928. The van der Waals surface area contributed by atoms with Crippen LogP contribution in [-0.4, -0.2) is 18.8 Å². The van der Waals surface area contributed by atoms with E-state index in [1.807, 2.05) is 0 Å². The molecule has 1 aliphatic heterocycles. The molecule has 1 N–H and O–H groups in total. The van der Waals surface area contributed by atoms with Crippen molar-refractivity contribution in [3.8, 4) is 5.75 Å². The maximum Gasteiger partial charge on any atom is 0.573 e. The monoisotopic (exact) mass is 287 g/mol. The Balaban J connectivity index is 1.97. The maximum atomic E-state index is 12.0. The lowest BCUT2D eigenvalue weighted by Crippen LogP contribution is -2.30. The molecule has 0 aliphatic carbocycles. The van der Waals surface area contributed by atoms with Crippen molar-refractivity contribution >= 4 is 5.91 Å². The average molecular weight is 287 g/mol. The number of alkyl halides is 3.